The molecule has 6 nitrogen and oxygen atoms in total. The molecule has 0 aromatic carbocycles. The summed E-state index contributed by atoms with van der Waals surface area (Å²) in [5.41, 5.74) is 0. The maximum atomic E-state index is 9.31. The van der Waals surface area contributed by atoms with E-state index in [1.165, 1.54) is 0 Å². The van der Waals surface area contributed by atoms with Crippen molar-refractivity contribution in [2.75, 3.05) is 25.5 Å². The van der Waals surface area contributed by atoms with Crippen LogP contribution in [-0.2, 0) is 0 Å². The molecule has 1 saturated heterocycles. The fourth-order valence-electron chi connectivity index (χ4n) is 1.46. The van der Waals surface area contributed by atoms with Gasteiger partial charge in [-0.3, -0.25) is 0 Å². The molecule has 6 heteroatoms. The molecule has 2 N–H and O–H groups in total. The standard InChI is InChI=1S/C8H14N4O2/c1-12(2)8-10-7(14-11-8)6-3-5(13)4-9-6/h5-6,9,13H,3-4H2,1-2H3/t5-,6+/m1/s1. The molecule has 1 fully saturated rings. The van der Waals surface area contributed by atoms with Gasteiger partial charge < -0.3 is 19.8 Å². The van der Waals surface area contributed by atoms with Gasteiger partial charge in [0.1, 0.15) is 0 Å². The van der Waals surface area contributed by atoms with Gasteiger partial charge in [-0.05, 0) is 11.6 Å². The van der Waals surface area contributed by atoms with Crippen molar-refractivity contribution in [3.8, 4) is 0 Å². The minimum atomic E-state index is -0.310. The van der Waals surface area contributed by atoms with E-state index in [1.807, 2.05) is 14.1 Å². The van der Waals surface area contributed by atoms with Gasteiger partial charge >= 0.3 is 0 Å². The molecule has 0 aliphatic carbocycles. The second kappa shape index (κ2) is 3.55. The van der Waals surface area contributed by atoms with E-state index >= 15 is 0 Å². The highest BCUT2D eigenvalue weighted by molar-refractivity contribution is 5.24. The summed E-state index contributed by atoms with van der Waals surface area (Å²) in [7, 11) is 3.71. The lowest BCUT2D eigenvalue weighted by atomic mass is 10.2. The molecule has 14 heavy (non-hydrogen) atoms. The van der Waals surface area contributed by atoms with Gasteiger partial charge in [0.15, 0.2) is 0 Å². The Bertz CT molecular complexity index is 312. The molecule has 1 aliphatic rings. The second-order valence-corrected chi connectivity index (χ2v) is 3.68. The normalized spacial score (nSPS) is 26.8. The first kappa shape index (κ1) is 9.42. The van der Waals surface area contributed by atoms with Crippen molar-refractivity contribution in [1.29, 1.82) is 0 Å². The summed E-state index contributed by atoms with van der Waals surface area (Å²) in [6.07, 6.45) is 0.324. The van der Waals surface area contributed by atoms with Crippen LogP contribution in [0.4, 0.5) is 5.95 Å². The van der Waals surface area contributed by atoms with Crippen LogP contribution in [0.1, 0.15) is 18.4 Å². The molecule has 0 saturated carbocycles. The molecule has 2 heterocycles. The van der Waals surface area contributed by atoms with Crippen LogP contribution in [0.2, 0.25) is 0 Å². The first-order chi connectivity index (χ1) is 6.66. The van der Waals surface area contributed by atoms with Crippen molar-refractivity contribution < 1.29 is 9.63 Å². The van der Waals surface area contributed by atoms with Gasteiger partial charge in [-0.1, -0.05) is 0 Å². The van der Waals surface area contributed by atoms with Gasteiger partial charge in [0.25, 0.3) is 5.95 Å². The van der Waals surface area contributed by atoms with Crippen LogP contribution in [0.15, 0.2) is 4.52 Å². The topological polar surface area (TPSA) is 74.4 Å². The summed E-state index contributed by atoms with van der Waals surface area (Å²) in [6.45, 7) is 0.588. The largest absolute Gasteiger partial charge is 0.392 e. The van der Waals surface area contributed by atoms with Crippen LogP contribution in [-0.4, -0.2) is 42.0 Å². The van der Waals surface area contributed by atoms with Crippen molar-refractivity contribution in [2.24, 2.45) is 0 Å². The van der Waals surface area contributed by atoms with E-state index in [-0.39, 0.29) is 12.1 Å². The molecule has 1 aliphatic heterocycles. The van der Waals surface area contributed by atoms with E-state index in [0.29, 0.717) is 24.8 Å². The van der Waals surface area contributed by atoms with Crippen LogP contribution >= 0.6 is 0 Å². The van der Waals surface area contributed by atoms with Crippen LogP contribution in [0.25, 0.3) is 0 Å². The zero-order valence-electron chi connectivity index (χ0n) is 8.27. The highest BCUT2D eigenvalue weighted by atomic mass is 16.5. The number of aliphatic hydroxyl groups excluding tert-OH is 1. The molecule has 0 unspecified atom stereocenters. The van der Waals surface area contributed by atoms with Crippen molar-refractivity contribution in [1.82, 2.24) is 15.5 Å². The smallest absolute Gasteiger partial charge is 0.265 e. The summed E-state index contributed by atoms with van der Waals surface area (Å²) in [5, 5.41) is 16.2. The number of aromatic nitrogens is 2. The molecule has 0 radical (unpaired) electrons. The Kier molecular flexibility index (Phi) is 2.39. The fraction of sp³-hybridized carbons (Fsp3) is 0.750. The van der Waals surface area contributed by atoms with Gasteiger partial charge in [0.05, 0.1) is 12.1 Å². The summed E-state index contributed by atoms with van der Waals surface area (Å²) in [5.74, 6) is 1.11. The van der Waals surface area contributed by atoms with E-state index in [2.05, 4.69) is 15.5 Å². The van der Waals surface area contributed by atoms with E-state index in [1.54, 1.807) is 4.90 Å². The van der Waals surface area contributed by atoms with Crippen LogP contribution in [0.3, 0.4) is 0 Å². The fourth-order valence-corrected chi connectivity index (χ4v) is 1.46. The summed E-state index contributed by atoms with van der Waals surface area (Å²) in [6, 6.07) is -0.00815. The molecule has 1 aromatic heterocycles. The number of hydrogen-bond acceptors (Lipinski definition) is 6. The lowest BCUT2D eigenvalue weighted by molar-refractivity contribution is 0.191. The lowest BCUT2D eigenvalue weighted by Gasteiger charge is -2.04. The first-order valence-corrected chi connectivity index (χ1v) is 4.59. The zero-order valence-corrected chi connectivity index (χ0v) is 8.27. The van der Waals surface area contributed by atoms with Crippen LogP contribution < -0.4 is 10.2 Å². The van der Waals surface area contributed by atoms with Crippen molar-refractivity contribution in [3.63, 3.8) is 0 Å². The predicted octanol–water partition coefficient (Wildman–Crippen LogP) is -0.469. The number of nitrogens with one attached hydrogen (secondary N) is 1. The number of aliphatic hydroxyl groups is 1. The molecular weight excluding hydrogens is 184 g/mol. The minimum Gasteiger partial charge on any atom is -0.392 e. The molecule has 0 bridgehead atoms. The maximum absolute atomic E-state index is 9.31. The number of anilines is 1. The lowest BCUT2D eigenvalue weighted by Crippen LogP contribution is -2.15. The van der Waals surface area contributed by atoms with Gasteiger partial charge in [0.2, 0.25) is 5.89 Å². The van der Waals surface area contributed by atoms with Gasteiger partial charge in [-0.25, -0.2) is 0 Å². The maximum Gasteiger partial charge on any atom is 0.265 e. The third-order valence-corrected chi connectivity index (χ3v) is 2.24. The van der Waals surface area contributed by atoms with Crippen molar-refractivity contribution in [2.45, 2.75) is 18.6 Å². The third-order valence-electron chi connectivity index (χ3n) is 2.24. The van der Waals surface area contributed by atoms with E-state index in [0.717, 1.165) is 0 Å². The quantitative estimate of drug-likeness (QED) is 0.669. The summed E-state index contributed by atoms with van der Waals surface area (Å²) < 4.78 is 5.08. The monoisotopic (exact) mass is 198 g/mol. The summed E-state index contributed by atoms with van der Waals surface area (Å²) in [4.78, 5) is 5.98. The highest BCUT2D eigenvalue weighted by Crippen LogP contribution is 2.22. The van der Waals surface area contributed by atoms with Gasteiger partial charge in [0, 0.05) is 20.6 Å². The Hall–Kier alpha value is -1.14. The summed E-state index contributed by atoms with van der Waals surface area (Å²) >= 11 is 0. The van der Waals surface area contributed by atoms with Crippen molar-refractivity contribution in [3.05, 3.63) is 5.89 Å². The number of hydrogen-bond donors (Lipinski definition) is 2. The van der Waals surface area contributed by atoms with Crippen LogP contribution in [0.5, 0.6) is 0 Å². The Morgan fingerprint density at radius 1 is 1.57 bits per heavy atom. The molecular formula is C8H14N4O2. The number of β-amino-alcohol motifs (C(OH)–C–C–N with tert-alkyl or cyclic N) is 1. The molecule has 78 valence electrons. The molecule has 0 amide bonds. The number of nitrogens with zero attached hydrogens (tertiary/aromatic N) is 3. The molecule has 2 atom stereocenters. The SMILES string of the molecule is CN(C)c1noc([C@@H]2C[C@@H](O)CN2)n1. The molecule has 0 spiro atoms. The highest BCUT2D eigenvalue weighted by Gasteiger charge is 2.28. The minimum absolute atomic E-state index is 0.00815. The van der Waals surface area contributed by atoms with Crippen molar-refractivity contribution >= 4 is 5.95 Å². The molecule has 2 rings (SSSR count). The van der Waals surface area contributed by atoms with E-state index < -0.39 is 0 Å². The Balaban J connectivity index is 2.09. The zero-order chi connectivity index (χ0) is 10.1. The third kappa shape index (κ3) is 1.71. The number of rotatable bonds is 2. The Labute approximate surface area is 81.9 Å². The predicted molar refractivity (Wildman–Crippen MR) is 50.0 cm³/mol. The molecule has 1 aromatic rings. The second-order valence-electron chi connectivity index (χ2n) is 3.68. The first-order valence-electron chi connectivity index (χ1n) is 4.59. The van der Waals surface area contributed by atoms with Gasteiger partial charge in [-0.15, -0.1) is 0 Å². The van der Waals surface area contributed by atoms with Gasteiger partial charge in [-0.2, -0.15) is 4.98 Å². The van der Waals surface area contributed by atoms with E-state index in [9.17, 15) is 5.11 Å². The van der Waals surface area contributed by atoms with E-state index in [4.69, 9.17) is 4.52 Å². The Morgan fingerprint density at radius 3 is 2.86 bits per heavy atom. The van der Waals surface area contributed by atoms with Crippen LogP contribution in [0, 0.1) is 0 Å². The average molecular weight is 198 g/mol. The average Bonchev–Trinajstić information content (AvgIpc) is 2.70. The Morgan fingerprint density at radius 2 is 2.36 bits per heavy atom.